The highest BCUT2D eigenvalue weighted by Gasteiger charge is 2.49. The zero-order valence-corrected chi connectivity index (χ0v) is 12.2. The van der Waals surface area contributed by atoms with Crippen LogP contribution in [0.4, 0.5) is 0 Å². The van der Waals surface area contributed by atoms with Crippen LogP contribution in [-0.4, -0.2) is 30.7 Å². The summed E-state index contributed by atoms with van der Waals surface area (Å²) >= 11 is 0. The van der Waals surface area contributed by atoms with E-state index in [9.17, 15) is 4.79 Å². The summed E-state index contributed by atoms with van der Waals surface area (Å²) in [6, 6.07) is -0.180. The van der Waals surface area contributed by atoms with Crippen LogP contribution in [0.15, 0.2) is 0 Å². The van der Waals surface area contributed by atoms with Gasteiger partial charge in [-0.25, -0.2) is 0 Å². The number of carbonyl (C=O) groups excluding carboxylic acids is 1. The summed E-state index contributed by atoms with van der Waals surface area (Å²) in [5.41, 5.74) is 5.88. The van der Waals surface area contributed by atoms with Crippen LogP contribution in [0.5, 0.6) is 0 Å². The summed E-state index contributed by atoms with van der Waals surface area (Å²) in [4.78, 5) is 11.9. The Morgan fingerprint density at radius 1 is 1.50 bits per heavy atom. The van der Waals surface area contributed by atoms with Crippen molar-refractivity contribution in [3.63, 3.8) is 0 Å². The van der Waals surface area contributed by atoms with Gasteiger partial charge in [0.1, 0.15) is 0 Å². The van der Waals surface area contributed by atoms with Crippen molar-refractivity contribution < 1.29 is 9.53 Å². The van der Waals surface area contributed by atoms with Crippen LogP contribution in [0.2, 0.25) is 0 Å². The summed E-state index contributed by atoms with van der Waals surface area (Å²) in [6.07, 6.45) is 3.99. The van der Waals surface area contributed by atoms with Gasteiger partial charge in [-0.05, 0) is 19.8 Å². The van der Waals surface area contributed by atoms with Crippen molar-refractivity contribution in [3.8, 4) is 0 Å². The molecule has 1 amide bonds. The predicted octanol–water partition coefficient (Wildman–Crippen LogP) is 1.82. The lowest BCUT2D eigenvalue weighted by Crippen LogP contribution is -2.63. The molecule has 0 saturated heterocycles. The second-order valence-electron chi connectivity index (χ2n) is 5.81. The van der Waals surface area contributed by atoms with Crippen LogP contribution in [0, 0.1) is 5.41 Å². The highest BCUT2D eigenvalue weighted by Crippen LogP contribution is 2.42. The second-order valence-corrected chi connectivity index (χ2v) is 5.81. The van der Waals surface area contributed by atoms with Crippen LogP contribution in [0.25, 0.3) is 0 Å². The minimum Gasteiger partial charge on any atom is -0.378 e. The van der Waals surface area contributed by atoms with Gasteiger partial charge in [0, 0.05) is 18.1 Å². The average molecular weight is 256 g/mol. The number of carbonyl (C=O) groups is 1. The number of nitrogens with two attached hydrogens (primary N) is 1. The van der Waals surface area contributed by atoms with Gasteiger partial charge >= 0.3 is 0 Å². The fourth-order valence-corrected chi connectivity index (χ4v) is 2.45. The monoisotopic (exact) mass is 256 g/mol. The molecule has 0 aromatic heterocycles. The van der Waals surface area contributed by atoms with Crippen molar-refractivity contribution in [3.05, 3.63) is 0 Å². The van der Waals surface area contributed by atoms with Gasteiger partial charge in [0.25, 0.3) is 0 Å². The maximum atomic E-state index is 11.9. The van der Waals surface area contributed by atoms with Gasteiger partial charge in [0.15, 0.2) is 0 Å². The van der Waals surface area contributed by atoms with Crippen LogP contribution < -0.4 is 11.1 Å². The van der Waals surface area contributed by atoms with E-state index >= 15 is 0 Å². The lowest BCUT2D eigenvalue weighted by atomic mass is 9.64. The zero-order valence-electron chi connectivity index (χ0n) is 12.2. The number of hydrogen-bond acceptors (Lipinski definition) is 3. The molecule has 1 fully saturated rings. The van der Waals surface area contributed by atoms with E-state index in [0.29, 0.717) is 0 Å². The molecule has 2 unspecified atom stereocenters. The lowest BCUT2D eigenvalue weighted by molar-refractivity contribution is -0.137. The molecular weight excluding hydrogens is 228 g/mol. The van der Waals surface area contributed by atoms with E-state index in [-0.39, 0.29) is 29.5 Å². The highest BCUT2D eigenvalue weighted by molar-refractivity contribution is 5.81. The fraction of sp³-hybridized carbons (Fsp3) is 0.929. The summed E-state index contributed by atoms with van der Waals surface area (Å²) in [6.45, 7) is 9.11. The number of rotatable bonds is 7. The average Bonchev–Trinajstić information content (AvgIpc) is 2.34. The molecule has 1 saturated carbocycles. The van der Waals surface area contributed by atoms with E-state index in [1.54, 1.807) is 0 Å². The Bertz CT molecular complexity index is 279. The van der Waals surface area contributed by atoms with E-state index in [2.05, 4.69) is 26.1 Å². The van der Waals surface area contributed by atoms with E-state index < -0.39 is 0 Å². The molecule has 106 valence electrons. The highest BCUT2D eigenvalue weighted by atomic mass is 16.5. The Morgan fingerprint density at radius 2 is 2.17 bits per heavy atom. The Balaban J connectivity index is 2.38. The third-order valence-electron chi connectivity index (χ3n) is 4.07. The topological polar surface area (TPSA) is 64.4 Å². The van der Waals surface area contributed by atoms with E-state index in [1.807, 2.05) is 6.92 Å². The normalized spacial score (nSPS) is 27.4. The largest absolute Gasteiger partial charge is 0.378 e. The first-order chi connectivity index (χ1) is 8.43. The Labute approximate surface area is 111 Å². The van der Waals surface area contributed by atoms with Crippen molar-refractivity contribution in [1.29, 1.82) is 0 Å². The van der Waals surface area contributed by atoms with Crippen molar-refractivity contribution in [2.75, 3.05) is 6.61 Å². The van der Waals surface area contributed by atoms with Gasteiger partial charge in [0.2, 0.25) is 5.91 Å². The van der Waals surface area contributed by atoms with E-state index in [1.165, 1.54) is 0 Å². The third-order valence-corrected chi connectivity index (χ3v) is 4.07. The molecule has 1 aliphatic carbocycles. The maximum absolute atomic E-state index is 11.9. The first-order valence-electron chi connectivity index (χ1n) is 7.11. The van der Waals surface area contributed by atoms with Gasteiger partial charge in [-0.15, -0.1) is 0 Å². The molecule has 1 rings (SSSR count). The quantitative estimate of drug-likeness (QED) is 0.730. The Hall–Kier alpha value is -0.610. The van der Waals surface area contributed by atoms with Crippen molar-refractivity contribution in [2.45, 2.75) is 71.6 Å². The predicted molar refractivity (Wildman–Crippen MR) is 73.2 cm³/mol. The lowest BCUT2D eigenvalue weighted by Gasteiger charge is -2.51. The van der Waals surface area contributed by atoms with Crippen LogP contribution >= 0.6 is 0 Å². The Kier molecular flexibility index (Phi) is 5.60. The standard InChI is InChI=1S/C14H28N2O2/c1-5-7-8-10(15)13(17)16-11-9-12(18-6-2)14(11,3)4/h10-12H,5-9,15H2,1-4H3,(H,16,17)/t10-,11?,12?/m0/s1. The van der Waals surface area contributed by atoms with Crippen LogP contribution in [-0.2, 0) is 9.53 Å². The van der Waals surface area contributed by atoms with Gasteiger partial charge in [-0.3, -0.25) is 4.79 Å². The summed E-state index contributed by atoms with van der Waals surface area (Å²) in [5, 5.41) is 3.06. The van der Waals surface area contributed by atoms with Crippen LogP contribution in [0.1, 0.15) is 53.4 Å². The second kappa shape index (κ2) is 6.53. The van der Waals surface area contributed by atoms with Gasteiger partial charge in [0.05, 0.1) is 12.1 Å². The summed E-state index contributed by atoms with van der Waals surface area (Å²) in [5.74, 6) is -0.0172. The number of unbranched alkanes of at least 4 members (excludes halogenated alkanes) is 1. The van der Waals surface area contributed by atoms with E-state index in [0.717, 1.165) is 32.3 Å². The summed E-state index contributed by atoms with van der Waals surface area (Å²) < 4.78 is 5.65. The molecular formula is C14H28N2O2. The molecule has 0 aliphatic heterocycles. The minimum absolute atomic E-state index is 0.0101. The van der Waals surface area contributed by atoms with Crippen molar-refractivity contribution in [1.82, 2.24) is 5.32 Å². The van der Waals surface area contributed by atoms with Crippen molar-refractivity contribution >= 4 is 5.91 Å². The molecule has 0 bridgehead atoms. The smallest absolute Gasteiger partial charge is 0.237 e. The molecule has 0 aromatic carbocycles. The SMILES string of the molecule is CCCC[C@H](N)C(=O)NC1CC(OCC)C1(C)C. The molecule has 3 N–H and O–H groups in total. The zero-order chi connectivity index (χ0) is 13.8. The number of hydrogen-bond donors (Lipinski definition) is 2. The molecule has 0 radical (unpaired) electrons. The molecule has 0 spiro atoms. The molecule has 18 heavy (non-hydrogen) atoms. The molecule has 3 atom stereocenters. The number of amides is 1. The summed E-state index contributed by atoms with van der Waals surface area (Å²) in [7, 11) is 0. The van der Waals surface area contributed by atoms with Crippen LogP contribution in [0.3, 0.4) is 0 Å². The minimum atomic E-state index is -0.369. The molecule has 4 heteroatoms. The first-order valence-corrected chi connectivity index (χ1v) is 7.11. The number of ether oxygens (including phenoxy) is 1. The molecule has 1 aliphatic rings. The number of nitrogens with one attached hydrogen (secondary N) is 1. The van der Waals surface area contributed by atoms with Crippen molar-refractivity contribution in [2.24, 2.45) is 11.1 Å². The third kappa shape index (κ3) is 3.45. The van der Waals surface area contributed by atoms with Gasteiger partial charge < -0.3 is 15.8 Å². The molecule has 0 aromatic rings. The van der Waals surface area contributed by atoms with Gasteiger partial charge in [-0.2, -0.15) is 0 Å². The van der Waals surface area contributed by atoms with Gasteiger partial charge in [-0.1, -0.05) is 33.6 Å². The molecule has 4 nitrogen and oxygen atoms in total. The van der Waals surface area contributed by atoms with E-state index in [4.69, 9.17) is 10.5 Å². The maximum Gasteiger partial charge on any atom is 0.237 e. The molecule has 0 heterocycles. The Morgan fingerprint density at radius 3 is 2.67 bits per heavy atom. The first kappa shape index (κ1) is 15.4. The fourth-order valence-electron chi connectivity index (χ4n) is 2.45.